The summed E-state index contributed by atoms with van der Waals surface area (Å²) in [7, 11) is 1.55. The molecule has 4 nitrogen and oxygen atoms in total. The van der Waals surface area contributed by atoms with E-state index in [0.29, 0.717) is 18.1 Å². The van der Waals surface area contributed by atoms with Crippen LogP contribution in [0.4, 0.5) is 13.2 Å². The van der Waals surface area contributed by atoms with Crippen molar-refractivity contribution in [1.82, 2.24) is 10.6 Å². The molecule has 7 heteroatoms. The second-order valence-electron chi connectivity index (χ2n) is 5.26. The summed E-state index contributed by atoms with van der Waals surface area (Å²) in [5, 5.41) is 14.6. The SMILES string of the molecule is CN=C(NCCc1cc(F)ccc1F)NCc1ccc(C#N)cc1F. The van der Waals surface area contributed by atoms with Gasteiger partial charge >= 0.3 is 0 Å². The number of benzene rings is 2. The van der Waals surface area contributed by atoms with E-state index < -0.39 is 17.5 Å². The van der Waals surface area contributed by atoms with Gasteiger partial charge in [-0.15, -0.1) is 0 Å². The number of halogens is 3. The van der Waals surface area contributed by atoms with Gasteiger partial charge in [-0.1, -0.05) is 6.07 Å². The Hall–Kier alpha value is -3.01. The highest BCUT2D eigenvalue weighted by Crippen LogP contribution is 2.10. The molecule has 0 fully saturated rings. The van der Waals surface area contributed by atoms with Gasteiger partial charge < -0.3 is 10.6 Å². The maximum atomic E-state index is 13.8. The van der Waals surface area contributed by atoms with Crippen molar-refractivity contribution < 1.29 is 13.2 Å². The first-order valence-corrected chi connectivity index (χ1v) is 7.60. The molecule has 2 aromatic rings. The molecule has 0 bridgehead atoms. The van der Waals surface area contributed by atoms with E-state index in [0.717, 1.165) is 18.2 Å². The Bertz CT molecular complexity index is 812. The third-order valence-electron chi connectivity index (χ3n) is 3.55. The van der Waals surface area contributed by atoms with Crippen LogP contribution in [0.25, 0.3) is 0 Å². The minimum Gasteiger partial charge on any atom is -0.356 e. The molecular formula is C18H17F3N4. The topological polar surface area (TPSA) is 60.2 Å². The number of hydrogen-bond acceptors (Lipinski definition) is 2. The fourth-order valence-corrected chi connectivity index (χ4v) is 2.21. The van der Waals surface area contributed by atoms with Gasteiger partial charge in [0, 0.05) is 25.7 Å². The highest BCUT2D eigenvalue weighted by atomic mass is 19.1. The minimum atomic E-state index is -0.491. The molecule has 0 radical (unpaired) electrons. The van der Waals surface area contributed by atoms with Crippen LogP contribution in [0, 0.1) is 28.8 Å². The van der Waals surface area contributed by atoms with Crippen LogP contribution in [0.1, 0.15) is 16.7 Å². The smallest absolute Gasteiger partial charge is 0.191 e. The van der Waals surface area contributed by atoms with Crippen LogP contribution in [0.5, 0.6) is 0 Å². The second-order valence-corrected chi connectivity index (χ2v) is 5.26. The van der Waals surface area contributed by atoms with Crippen LogP contribution in [-0.2, 0) is 13.0 Å². The molecule has 2 aromatic carbocycles. The first kappa shape index (κ1) is 18.3. The van der Waals surface area contributed by atoms with Gasteiger partial charge in [0.2, 0.25) is 0 Å². The molecular weight excluding hydrogens is 329 g/mol. The number of guanidine groups is 1. The molecule has 130 valence electrons. The van der Waals surface area contributed by atoms with Crippen molar-refractivity contribution in [3.63, 3.8) is 0 Å². The highest BCUT2D eigenvalue weighted by Gasteiger charge is 2.06. The first-order valence-electron chi connectivity index (χ1n) is 7.60. The molecule has 2 rings (SSSR count). The van der Waals surface area contributed by atoms with Gasteiger partial charge in [-0.25, -0.2) is 13.2 Å². The molecule has 0 saturated carbocycles. The molecule has 0 atom stereocenters. The fraction of sp³-hybridized carbons (Fsp3) is 0.222. The van der Waals surface area contributed by atoms with Crippen molar-refractivity contribution in [2.75, 3.05) is 13.6 Å². The summed E-state index contributed by atoms with van der Waals surface area (Å²) in [5.74, 6) is -1.04. The van der Waals surface area contributed by atoms with Crippen molar-refractivity contribution >= 4 is 5.96 Å². The molecule has 0 heterocycles. The molecule has 0 aliphatic rings. The lowest BCUT2D eigenvalue weighted by Gasteiger charge is -2.12. The van der Waals surface area contributed by atoms with Crippen molar-refractivity contribution in [3.8, 4) is 6.07 Å². The summed E-state index contributed by atoms with van der Waals surface area (Å²) in [6.45, 7) is 0.501. The van der Waals surface area contributed by atoms with E-state index in [-0.39, 0.29) is 24.1 Å². The number of rotatable bonds is 5. The fourth-order valence-electron chi connectivity index (χ4n) is 2.21. The van der Waals surface area contributed by atoms with Crippen molar-refractivity contribution in [2.45, 2.75) is 13.0 Å². The summed E-state index contributed by atoms with van der Waals surface area (Å²) in [5.41, 5.74) is 0.903. The Labute approximate surface area is 144 Å². The van der Waals surface area contributed by atoms with Crippen molar-refractivity contribution in [1.29, 1.82) is 5.26 Å². The largest absolute Gasteiger partial charge is 0.356 e. The number of hydrogen-bond donors (Lipinski definition) is 2. The zero-order valence-electron chi connectivity index (χ0n) is 13.6. The van der Waals surface area contributed by atoms with Gasteiger partial charge in [-0.2, -0.15) is 5.26 Å². The molecule has 0 aromatic heterocycles. The van der Waals surface area contributed by atoms with Gasteiger partial charge in [0.25, 0.3) is 0 Å². The Morgan fingerprint density at radius 2 is 1.84 bits per heavy atom. The molecule has 0 aliphatic carbocycles. The first-order chi connectivity index (χ1) is 12.0. The Balaban J connectivity index is 1.87. The lowest BCUT2D eigenvalue weighted by atomic mass is 10.1. The molecule has 0 aliphatic heterocycles. The number of nitrogens with one attached hydrogen (secondary N) is 2. The van der Waals surface area contributed by atoms with E-state index in [4.69, 9.17) is 5.26 Å². The summed E-state index contributed by atoms with van der Waals surface area (Å²) in [4.78, 5) is 3.99. The minimum absolute atomic E-state index is 0.172. The van der Waals surface area contributed by atoms with Crippen LogP contribution in [0.3, 0.4) is 0 Å². The van der Waals surface area contributed by atoms with Gasteiger partial charge in [-0.05, 0) is 42.3 Å². The highest BCUT2D eigenvalue weighted by molar-refractivity contribution is 5.79. The number of aliphatic imine (C=N–C) groups is 1. The quantitative estimate of drug-likeness (QED) is 0.646. The molecule has 25 heavy (non-hydrogen) atoms. The van der Waals surface area contributed by atoms with Crippen LogP contribution in [-0.4, -0.2) is 19.6 Å². The third-order valence-corrected chi connectivity index (χ3v) is 3.55. The van der Waals surface area contributed by atoms with E-state index in [2.05, 4.69) is 15.6 Å². The number of nitrogens with zero attached hydrogens (tertiary/aromatic N) is 2. The van der Waals surface area contributed by atoms with Crippen LogP contribution in [0.2, 0.25) is 0 Å². The normalized spacial score (nSPS) is 11.1. The second kappa shape index (κ2) is 8.73. The Morgan fingerprint density at radius 1 is 1.04 bits per heavy atom. The lowest BCUT2D eigenvalue weighted by molar-refractivity contribution is 0.582. The average Bonchev–Trinajstić information content (AvgIpc) is 2.61. The van der Waals surface area contributed by atoms with E-state index in [1.54, 1.807) is 7.05 Å². The van der Waals surface area contributed by atoms with Crippen LogP contribution < -0.4 is 10.6 Å². The standard InChI is InChI=1S/C18H17F3N4/c1-23-18(24-7-6-13-9-15(19)4-5-16(13)20)25-11-14-3-2-12(10-22)8-17(14)21/h2-5,8-9H,6-7,11H2,1H3,(H2,23,24,25). The average molecular weight is 346 g/mol. The van der Waals surface area contributed by atoms with Crippen molar-refractivity contribution in [3.05, 3.63) is 70.5 Å². The molecule has 0 saturated heterocycles. The summed E-state index contributed by atoms with van der Waals surface area (Å²) in [6, 6.07) is 9.40. The molecule has 0 amide bonds. The lowest BCUT2D eigenvalue weighted by Crippen LogP contribution is -2.38. The Morgan fingerprint density at radius 3 is 2.52 bits per heavy atom. The van der Waals surface area contributed by atoms with Gasteiger partial charge in [0.05, 0.1) is 11.6 Å². The third kappa shape index (κ3) is 5.24. The van der Waals surface area contributed by atoms with Gasteiger partial charge in [-0.3, -0.25) is 4.99 Å². The van der Waals surface area contributed by atoms with E-state index in [1.807, 2.05) is 6.07 Å². The van der Waals surface area contributed by atoms with E-state index in [9.17, 15) is 13.2 Å². The summed E-state index contributed by atoms with van der Waals surface area (Å²) in [6.07, 6.45) is 0.273. The van der Waals surface area contributed by atoms with Crippen LogP contribution >= 0.6 is 0 Å². The summed E-state index contributed by atoms with van der Waals surface area (Å²) < 4.78 is 40.5. The van der Waals surface area contributed by atoms with Gasteiger partial charge in [0.1, 0.15) is 17.5 Å². The number of nitriles is 1. The monoisotopic (exact) mass is 346 g/mol. The van der Waals surface area contributed by atoms with Crippen molar-refractivity contribution in [2.24, 2.45) is 4.99 Å². The molecule has 0 spiro atoms. The maximum Gasteiger partial charge on any atom is 0.191 e. The summed E-state index contributed by atoms with van der Waals surface area (Å²) >= 11 is 0. The van der Waals surface area contributed by atoms with Gasteiger partial charge in [0.15, 0.2) is 5.96 Å². The Kier molecular flexibility index (Phi) is 6.40. The zero-order chi connectivity index (χ0) is 18.2. The predicted octanol–water partition coefficient (Wildman–Crippen LogP) is 2.88. The molecule has 2 N–H and O–H groups in total. The van der Waals surface area contributed by atoms with E-state index >= 15 is 0 Å². The molecule has 0 unspecified atom stereocenters. The predicted molar refractivity (Wildman–Crippen MR) is 89.4 cm³/mol. The van der Waals surface area contributed by atoms with Crippen LogP contribution in [0.15, 0.2) is 41.4 Å². The van der Waals surface area contributed by atoms with E-state index in [1.165, 1.54) is 18.2 Å². The maximum absolute atomic E-state index is 13.8. The zero-order valence-corrected chi connectivity index (χ0v) is 13.6.